The fourth-order valence-electron chi connectivity index (χ4n) is 9.30. The highest BCUT2D eigenvalue weighted by Gasteiger charge is 2.26. The van der Waals surface area contributed by atoms with Gasteiger partial charge in [0.2, 0.25) is 0 Å². The Balaban J connectivity index is 1.34. The molecule has 69 heavy (non-hydrogen) atoms. The molecule has 0 radical (unpaired) electrons. The number of fused-ring (bicyclic) bond motifs is 3. The summed E-state index contributed by atoms with van der Waals surface area (Å²) in [5, 5.41) is 2.45. The van der Waals surface area contributed by atoms with Crippen LogP contribution in [0.1, 0.15) is 58.5 Å². The monoisotopic (exact) mass is 892 g/mol. The third-order valence-corrected chi connectivity index (χ3v) is 13.1. The molecule has 0 aliphatic heterocycles. The Bertz CT molecular complexity index is 3370. The minimum absolute atomic E-state index is 0.0441. The number of benzene rings is 8. The Morgan fingerprint density at radius 1 is 0.420 bits per heavy atom. The highest BCUT2D eigenvalue weighted by molar-refractivity contribution is 6.11. The van der Waals surface area contributed by atoms with E-state index in [-0.39, 0.29) is 10.8 Å². The molecule has 0 aliphatic carbocycles. The van der Waals surface area contributed by atoms with Gasteiger partial charge in [0, 0.05) is 38.6 Å². The molecule has 4 heteroatoms. The van der Waals surface area contributed by atoms with E-state index in [1.807, 2.05) is 36.4 Å². The zero-order chi connectivity index (χ0) is 47.9. The van der Waals surface area contributed by atoms with Gasteiger partial charge >= 0.3 is 0 Å². The summed E-state index contributed by atoms with van der Waals surface area (Å²) in [7, 11) is 0. The summed E-state index contributed by atoms with van der Waals surface area (Å²) < 4.78 is 2.51. The van der Waals surface area contributed by atoms with Gasteiger partial charge in [0.15, 0.2) is 17.5 Å². The lowest BCUT2D eigenvalue weighted by molar-refractivity contribution is 0.590. The smallest absolute Gasteiger partial charge is 0.164 e. The SMILES string of the molecule is C=C/C=C(\C=C)c1nc(-c2ccccc2)nc(-c2cc(-c3ccc(-c4ccccc4)cc3)c(-n3c4ccc(C(C)(C)C)cc4c4cc(C(C)(C)C)ccc43)c(-c3ccc(-c4ccccc4)cc3)c2)n1. The van der Waals surface area contributed by atoms with Crippen LogP contribution in [-0.4, -0.2) is 19.5 Å². The largest absolute Gasteiger partial charge is 0.308 e. The topological polar surface area (TPSA) is 43.6 Å². The van der Waals surface area contributed by atoms with E-state index in [4.69, 9.17) is 15.0 Å². The van der Waals surface area contributed by atoms with Gasteiger partial charge in [0.1, 0.15) is 0 Å². The van der Waals surface area contributed by atoms with Crippen molar-refractivity contribution in [3.8, 4) is 73.0 Å². The van der Waals surface area contributed by atoms with Gasteiger partial charge in [-0.25, -0.2) is 15.0 Å². The lowest BCUT2D eigenvalue weighted by Gasteiger charge is -2.22. The molecule has 8 aromatic carbocycles. The van der Waals surface area contributed by atoms with Crippen LogP contribution in [0.5, 0.6) is 0 Å². The molecule has 0 saturated heterocycles. The van der Waals surface area contributed by atoms with Crippen molar-refractivity contribution in [2.45, 2.75) is 52.4 Å². The second kappa shape index (κ2) is 18.1. The molecule has 2 heterocycles. The van der Waals surface area contributed by atoms with Crippen LogP contribution in [0.25, 0.3) is 100 Å². The maximum atomic E-state index is 5.27. The van der Waals surface area contributed by atoms with Crippen molar-refractivity contribution in [1.82, 2.24) is 19.5 Å². The van der Waals surface area contributed by atoms with E-state index in [0.29, 0.717) is 17.5 Å². The van der Waals surface area contributed by atoms with Crippen molar-refractivity contribution >= 4 is 27.4 Å². The number of nitrogens with zero attached hydrogens (tertiary/aromatic N) is 4. The van der Waals surface area contributed by atoms with E-state index in [1.165, 1.54) is 33.0 Å². The quantitative estimate of drug-likeness (QED) is 0.129. The molecule has 10 aromatic rings. The van der Waals surface area contributed by atoms with E-state index < -0.39 is 0 Å². The normalized spacial score (nSPS) is 12.1. The Morgan fingerprint density at radius 2 is 0.812 bits per heavy atom. The van der Waals surface area contributed by atoms with Crippen molar-refractivity contribution in [2.24, 2.45) is 0 Å². The number of hydrogen-bond donors (Lipinski definition) is 0. The second-order valence-corrected chi connectivity index (χ2v) is 19.8. The molecule has 0 atom stereocenters. The summed E-state index contributed by atoms with van der Waals surface area (Å²) >= 11 is 0. The average Bonchev–Trinajstić information content (AvgIpc) is 3.70. The molecule has 336 valence electrons. The molecular formula is C65H56N4. The van der Waals surface area contributed by atoms with E-state index in [9.17, 15) is 0 Å². The average molecular weight is 893 g/mol. The van der Waals surface area contributed by atoms with E-state index in [2.05, 4.69) is 217 Å². The van der Waals surface area contributed by atoms with Gasteiger partial charge in [0.25, 0.3) is 0 Å². The number of allylic oxidation sites excluding steroid dienone is 4. The molecule has 0 saturated carbocycles. The summed E-state index contributed by atoms with van der Waals surface area (Å²) in [6.07, 6.45) is 5.41. The van der Waals surface area contributed by atoms with Crippen LogP contribution in [0.15, 0.2) is 219 Å². The molecular weight excluding hydrogens is 837 g/mol. The Kier molecular flexibility index (Phi) is 11.7. The summed E-state index contributed by atoms with van der Waals surface area (Å²) in [5.41, 5.74) is 17.2. The van der Waals surface area contributed by atoms with Crippen molar-refractivity contribution in [3.05, 3.63) is 236 Å². The zero-order valence-electron chi connectivity index (χ0n) is 40.3. The lowest BCUT2D eigenvalue weighted by Crippen LogP contribution is -2.10. The van der Waals surface area contributed by atoms with Gasteiger partial charge in [-0.15, -0.1) is 0 Å². The van der Waals surface area contributed by atoms with Gasteiger partial charge in [-0.3, -0.25) is 0 Å². The van der Waals surface area contributed by atoms with Gasteiger partial charge in [-0.05, 0) is 91.7 Å². The highest BCUT2D eigenvalue weighted by atomic mass is 15.0. The van der Waals surface area contributed by atoms with Gasteiger partial charge in [-0.1, -0.05) is 225 Å². The Morgan fingerprint density at radius 3 is 1.22 bits per heavy atom. The van der Waals surface area contributed by atoms with E-state index in [0.717, 1.165) is 66.8 Å². The first kappa shape index (κ1) is 44.6. The van der Waals surface area contributed by atoms with Crippen LogP contribution in [0, 0.1) is 0 Å². The minimum atomic E-state index is -0.0441. The Labute approximate surface area is 406 Å². The molecule has 0 bridgehead atoms. The van der Waals surface area contributed by atoms with Crippen LogP contribution in [0.3, 0.4) is 0 Å². The summed E-state index contributed by atoms with van der Waals surface area (Å²) in [6, 6.07) is 67.9. The van der Waals surface area contributed by atoms with Gasteiger partial charge in [0.05, 0.1) is 16.7 Å². The fourth-order valence-corrected chi connectivity index (χ4v) is 9.30. The molecule has 0 unspecified atom stereocenters. The second-order valence-electron chi connectivity index (χ2n) is 19.8. The van der Waals surface area contributed by atoms with Crippen LogP contribution < -0.4 is 0 Å². The molecule has 0 fully saturated rings. The van der Waals surface area contributed by atoms with Gasteiger partial charge < -0.3 is 4.57 Å². The zero-order valence-corrected chi connectivity index (χ0v) is 40.3. The molecule has 0 spiro atoms. The highest BCUT2D eigenvalue weighted by Crippen LogP contribution is 2.46. The van der Waals surface area contributed by atoms with Crippen LogP contribution >= 0.6 is 0 Å². The Hall–Kier alpha value is -8.21. The maximum Gasteiger partial charge on any atom is 0.164 e. The third-order valence-electron chi connectivity index (χ3n) is 13.1. The molecule has 2 aromatic heterocycles. The molecule has 0 N–H and O–H groups in total. The predicted octanol–water partition coefficient (Wildman–Crippen LogP) is 17.3. The van der Waals surface area contributed by atoms with Crippen molar-refractivity contribution in [1.29, 1.82) is 0 Å². The van der Waals surface area contributed by atoms with Gasteiger partial charge in [-0.2, -0.15) is 0 Å². The first-order valence-corrected chi connectivity index (χ1v) is 23.7. The van der Waals surface area contributed by atoms with E-state index in [1.54, 1.807) is 12.2 Å². The summed E-state index contributed by atoms with van der Waals surface area (Å²) in [4.78, 5) is 15.5. The standard InChI is InChI=1S/C65H56N4/c1-9-20-43(10-2)61-66-62(50-25-18-13-19-26-50)68-63(67-61)51-39-54(48-31-27-46(28-32-48)44-21-14-11-15-22-44)60(55(40-51)49-33-29-47(30-34-49)45-23-16-12-17-24-45)69-58-37-35-52(64(3,4)5)41-56(58)57-42-53(65(6,7)8)36-38-59(57)69/h9-42H,1-2H2,3-8H3/b43-20+. The molecule has 4 nitrogen and oxygen atoms in total. The lowest BCUT2D eigenvalue weighted by atomic mass is 9.85. The summed E-state index contributed by atoms with van der Waals surface area (Å²) in [5.74, 6) is 1.65. The summed E-state index contributed by atoms with van der Waals surface area (Å²) in [6.45, 7) is 21.9. The minimum Gasteiger partial charge on any atom is -0.308 e. The number of hydrogen-bond acceptors (Lipinski definition) is 3. The van der Waals surface area contributed by atoms with Crippen LogP contribution in [0.2, 0.25) is 0 Å². The maximum absolute atomic E-state index is 5.27. The third kappa shape index (κ3) is 8.78. The number of rotatable bonds is 10. The fraction of sp³-hybridized carbons (Fsp3) is 0.123. The van der Waals surface area contributed by atoms with Crippen LogP contribution in [-0.2, 0) is 10.8 Å². The molecule has 10 rings (SSSR count). The van der Waals surface area contributed by atoms with Crippen molar-refractivity contribution < 1.29 is 0 Å². The van der Waals surface area contributed by atoms with Crippen molar-refractivity contribution in [3.63, 3.8) is 0 Å². The number of aromatic nitrogens is 4. The van der Waals surface area contributed by atoms with E-state index >= 15 is 0 Å². The first-order chi connectivity index (χ1) is 33.4. The first-order valence-electron chi connectivity index (χ1n) is 23.7. The molecule has 0 aliphatic rings. The predicted molar refractivity (Wildman–Crippen MR) is 293 cm³/mol. The van der Waals surface area contributed by atoms with Crippen molar-refractivity contribution in [2.75, 3.05) is 0 Å². The molecule has 0 amide bonds. The van der Waals surface area contributed by atoms with Crippen LogP contribution in [0.4, 0.5) is 0 Å².